The molecule has 0 bridgehead atoms. The van der Waals surface area contributed by atoms with Crippen molar-refractivity contribution in [3.63, 3.8) is 0 Å². The number of hydrogen-bond donors (Lipinski definition) is 0. The van der Waals surface area contributed by atoms with Crippen molar-refractivity contribution in [3.05, 3.63) is 49.7 Å². The van der Waals surface area contributed by atoms with E-state index in [4.69, 9.17) is 4.74 Å². The van der Waals surface area contributed by atoms with Crippen molar-refractivity contribution < 1.29 is 14.3 Å². The van der Waals surface area contributed by atoms with Crippen LogP contribution in [0.15, 0.2) is 35.7 Å². The summed E-state index contributed by atoms with van der Waals surface area (Å²) < 4.78 is 6.27. The molecular formula is C16H14INO3S. The molecule has 0 radical (unpaired) electrons. The maximum Gasteiger partial charge on any atom is 0.345 e. The number of ether oxygens (including phenoxy) is 1. The molecule has 1 atom stereocenters. The molecule has 1 aromatic carbocycles. The van der Waals surface area contributed by atoms with Crippen LogP contribution in [0.5, 0.6) is 0 Å². The minimum absolute atomic E-state index is 0.220. The van der Waals surface area contributed by atoms with Crippen LogP contribution in [0.25, 0.3) is 0 Å². The number of anilines is 1. The first-order valence-electron chi connectivity index (χ1n) is 6.82. The number of fused-ring (bicyclic) bond motifs is 1. The second-order valence-electron chi connectivity index (χ2n) is 4.96. The van der Waals surface area contributed by atoms with E-state index in [0.29, 0.717) is 10.4 Å². The van der Waals surface area contributed by atoms with Gasteiger partial charge in [0.15, 0.2) is 0 Å². The molecule has 0 aliphatic carbocycles. The zero-order valence-electron chi connectivity index (χ0n) is 12.1. The van der Waals surface area contributed by atoms with Crippen molar-refractivity contribution in [1.82, 2.24) is 0 Å². The average molecular weight is 427 g/mol. The maximum absolute atomic E-state index is 13.1. The molecule has 22 heavy (non-hydrogen) atoms. The molecule has 1 aliphatic heterocycles. The van der Waals surface area contributed by atoms with Crippen LogP contribution < -0.4 is 4.90 Å². The van der Waals surface area contributed by atoms with Gasteiger partial charge in [-0.3, -0.25) is 4.79 Å². The molecule has 6 heteroatoms. The molecule has 0 fully saturated rings. The van der Waals surface area contributed by atoms with E-state index in [1.54, 1.807) is 24.9 Å². The number of rotatable bonds is 3. The Labute approximate surface area is 146 Å². The van der Waals surface area contributed by atoms with Crippen molar-refractivity contribution in [2.45, 2.75) is 12.5 Å². The molecule has 4 nitrogen and oxygen atoms in total. The van der Waals surface area contributed by atoms with Gasteiger partial charge in [0.05, 0.1) is 12.3 Å². The van der Waals surface area contributed by atoms with E-state index in [2.05, 4.69) is 22.6 Å². The lowest BCUT2D eigenvalue weighted by Gasteiger charge is -2.32. The standard InChI is InChI=1S/C16H14INO3S/c1-3-21-15(20)16(13-5-4-8-22-13)14(19)11-7-6-10(17)9-12(11)18(16)2/h4-9H,3H2,1-2H3/t16-/m1/s1. The van der Waals surface area contributed by atoms with Crippen LogP contribution in [-0.4, -0.2) is 25.4 Å². The molecule has 1 aromatic heterocycles. The van der Waals surface area contributed by atoms with Gasteiger partial charge in [-0.15, -0.1) is 11.3 Å². The van der Waals surface area contributed by atoms with E-state index in [-0.39, 0.29) is 12.4 Å². The number of nitrogens with zero attached hydrogens (tertiary/aromatic N) is 1. The average Bonchev–Trinajstić information content (AvgIpc) is 3.08. The van der Waals surface area contributed by atoms with Crippen LogP contribution in [0, 0.1) is 3.57 Å². The second-order valence-corrected chi connectivity index (χ2v) is 7.15. The van der Waals surface area contributed by atoms with Crippen LogP contribution in [0.3, 0.4) is 0 Å². The first-order chi connectivity index (χ1) is 10.5. The Morgan fingerprint density at radius 2 is 2.18 bits per heavy atom. The highest BCUT2D eigenvalue weighted by Crippen LogP contribution is 2.46. The van der Waals surface area contributed by atoms with Gasteiger partial charge >= 0.3 is 5.97 Å². The fraction of sp³-hybridized carbons (Fsp3) is 0.250. The third kappa shape index (κ3) is 2.00. The van der Waals surface area contributed by atoms with Gasteiger partial charge in [0, 0.05) is 21.1 Å². The van der Waals surface area contributed by atoms with Crippen molar-refractivity contribution in [2.75, 3.05) is 18.6 Å². The third-order valence-electron chi connectivity index (χ3n) is 3.85. The van der Waals surface area contributed by atoms with E-state index in [0.717, 1.165) is 9.26 Å². The molecule has 2 aromatic rings. The first kappa shape index (κ1) is 15.5. The predicted molar refractivity (Wildman–Crippen MR) is 94.5 cm³/mol. The quantitative estimate of drug-likeness (QED) is 0.428. The van der Waals surface area contributed by atoms with Gasteiger partial charge in [0.25, 0.3) is 0 Å². The molecular weight excluding hydrogens is 413 g/mol. The van der Waals surface area contributed by atoms with Crippen molar-refractivity contribution >= 4 is 51.4 Å². The largest absolute Gasteiger partial charge is 0.464 e. The van der Waals surface area contributed by atoms with Crippen LogP contribution in [0.4, 0.5) is 5.69 Å². The highest BCUT2D eigenvalue weighted by molar-refractivity contribution is 14.1. The minimum Gasteiger partial charge on any atom is -0.464 e. The number of hydrogen-bond acceptors (Lipinski definition) is 5. The van der Waals surface area contributed by atoms with Gasteiger partial charge in [-0.25, -0.2) is 4.79 Å². The van der Waals surface area contributed by atoms with Gasteiger partial charge in [-0.05, 0) is 59.2 Å². The lowest BCUT2D eigenvalue weighted by atomic mass is 9.91. The van der Waals surface area contributed by atoms with E-state index >= 15 is 0 Å². The summed E-state index contributed by atoms with van der Waals surface area (Å²) in [5.74, 6) is -0.738. The van der Waals surface area contributed by atoms with Crippen LogP contribution >= 0.6 is 33.9 Å². The van der Waals surface area contributed by atoms with Crippen molar-refractivity contribution in [1.29, 1.82) is 0 Å². The number of thiophene rings is 1. The van der Waals surface area contributed by atoms with Gasteiger partial charge in [-0.1, -0.05) is 6.07 Å². The number of benzene rings is 1. The Kier molecular flexibility index (Phi) is 3.98. The Balaban J connectivity index is 2.24. The minimum atomic E-state index is -1.41. The molecule has 0 amide bonds. The zero-order valence-corrected chi connectivity index (χ0v) is 15.1. The summed E-state index contributed by atoms with van der Waals surface area (Å²) in [4.78, 5) is 28.3. The first-order valence-corrected chi connectivity index (χ1v) is 8.78. The number of likely N-dealkylation sites (N-methyl/N-ethyl adjacent to an activating group) is 1. The van der Waals surface area contributed by atoms with Crippen LogP contribution in [0.1, 0.15) is 22.2 Å². The molecule has 0 unspecified atom stereocenters. The van der Waals surface area contributed by atoms with Crippen molar-refractivity contribution in [3.8, 4) is 0 Å². The fourth-order valence-corrected chi connectivity index (χ4v) is 4.25. The lowest BCUT2D eigenvalue weighted by Crippen LogP contribution is -2.52. The monoisotopic (exact) mass is 427 g/mol. The molecule has 3 rings (SSSR count). The summed E-state index contributed by atoms with van der Waals surface area (Å²) >= 11 is 3.59. The van der Waals surface area contributed by atoms with Gasteiger partial charge in [-0.2, -0.15) is 0 Å². The molecule has 1 aliphatic rings. The molecule has 0 saturated carbocycles. The summed E-state index contributed by atoms with van der Waals surface area (Å²) in [6, 6.07) is 9.23. The highest BCUT2D eigenvalue weighted by atomic mass is 127. The van der Waals surface area contributed by atoms with E-state index in [1.165, 1.54) is 11.3 Å². The summed E-state index contributed by atoms with van der Waals surface area (Å²) in [5, 5.41) is 1.87. The molecule has 0 N–H and O–H groups in total. The van der Waals surface area contributed by atoms with Crippen molar-refractivity contribution in [2.24, 2.45) is 0 Å². The number of carbonyl (C=O) groups is 2. The van der Waals surface area contributed by atoms with E-state index < -0.39 is 11.5 Å². The molecule has 114 valence electrons. The SMILES string of the molecule is CCOC(=O)[C@@]1(c2cccs2)C(=O)c2ccc(I)cc2N1C. The Morgan fingerprint density at radius 3 is 2.82 bits per heavy atom. The maximum atomic E-state index is 13.1. The van der Waals surface area contributed by atoms with E-state index in [1.807, 2.05) is 29.6 Å². The summed E-state index contributed by atoms with van der Waals surface area (Å²) in [6.45, 7) is 1.98. The number of Topliss-reactive ketones (excluding diaryl/α,β-unsaturated/α-hetero) is 1. The van der Waals surface area contributed by atoms with Gasteiger partial charge in [0.1, 0.15) is 0 Å². The van der Waals surface area contributed by atoms with E-state index in [9.17, 15) is 9.59 Å². The highest BCUT2D eigenvalue weighted by Gasteiger charge is 2.58. The van der Waals surface area contributed by atoms with Crippen LogP contribution in [-0.2, 0) is 15.1 Å². The number of halogens is 1. The summed E-state index contributed by atoms with van der Waals surface area (Å²) in [6.07, 6.45) is 0. The Morgan fingerprint density at radius 1 is 1.41 bits per heavy atom. The lowest BCUT2D eigenvalue weighted by molar-refractivity contribution is -0.147. The van der Waals surface area contributed by atoms with Gasteiger partial charge < -0.3 is 9.64 Å². The molecule has 2 heterocycles. The summed E-state index contributed by atoms with van der Waals surface area (Å²) in [5.41, 5.74) is -0.0838. The van der Waals surface area contributed by atoms with Gasteiger partial charge in [0.2, 0.25) is 11.3 Å². The third-order valence-corrected chi connectivity index (χ3v) is 5.50. The number of ketones is 1. The molecule has 0 saturated heterocycles. The van der Waals surface area contributed by atoms with Crippen LogP contribution in [0.2, 0.25) is 0 Å². The smallest absolute Gasteiger partial charge is 0.345 e. The molecule has 0 spiro atoms. The normalized spacial score (nSPS) is 20.1. The Hall–Kier alpha value is -1.41. The topological polar surface area (TPSA) is 46.6 Å². The number of carbonyl (C=O) groups excluding carboxylic acids is 2. The predicted octanol–water partition coefficient (Wildman–Crippen LogP) is 3.44. The summed E-state index contributed by atoms with van der Waals surface area (Å²) in [7, 11) is 1.77. The zero-order chi connectivity index (χ0) is 15.9. The second kappa shape index (κ2) is 5.66. The fourth-order valence-electron chi connectivity index (χ4n) is 2.83. The Bertz CT molecular complexity index is 744. The number of esters is 1.